The SMILES string of the molecule is Cc1[nH]nc2ccc(C(C)CO)cc12. The smallest absolute Gasteiger partial charge is 0.0923 e. The summed E-state index contributed by atoms with van der Waals surface area (Å²) in [5.74, 6) is 0.189. The Morgan fingerprint density at radius 2 is 2.29 bits per heavy atom. The summed E-state index contributed by atoms with van der Waals surface area (Å²) in [6.45, 7) is 4.20. The number of nitrogens with one attached hydrogen (secondary N) is 1. The second kappa shape index (κ2) is 3.42. The molecule has 0 amide bonds. The number of hydrogen-bond donors (Lipinski definition) is 2. The van der Waals surface area contributed by atoms with Crippen LogP contribution in [0.15, 0.2) is 18.2 Å². The minimum Gasteiger partial charge on any atom is -0.396 e. The van der Waals surface area contributed by atoms with Gasteiger partial charge in [-0.05, 0) is 24.6 Å². The average molecular weight is 190 g/mol. The molecule has 0 aliphatic heterocycles. The Balaban J connectivity index is 2.54. The number of aliphatic hydroxyl groups is 1. The number of aromatic amines is 1. The molecule has 1 aromatic heterocycles. The molecule has 0 spiro atoms. The second-order valence-corrected chi connectivity index (χ2v) is 3.71. The van der Waals surface area contributed by atoms with Gasteiger partial charge in [-0.3, -0.25) is 5.10 Å². The largest absolute Gasteiger partial charge is 0.396 e. The fourth-order valence-electron chi connectivity index (χ4n) is 1.57. The molecule has 14 heavy (non-hydrogen) atoms. The molecule has 0 bridgehead atoms. The van der Waals surface area contributed by atoms with E-state index in [1.807, 2.05) is 26.0 Å². The molecule has 0 fully saturated rings. The highest BCUT2D eigenvalue weighted by molar-refractivity contribution is 5.81. The quantitative estimate of drug-likeness (QED) is 0.760. The minimum absolute atomic E-state index is 0.183. The first-order valence-electron chi connectivity index (χ1n) is 4.78. The van der Waals surface area contributed by atoms with Crippen molar-refractivity contribution < 1.29 is 5.11 Å². The van der Waals surface area contributed by atoms with Crippen molar-refractivity contribution in [3.63, 3.8) is 0 Å². The topological polar surface area (TPSA) is 48.9 Å². The van der Waals surface area contributed by atoms with E-state index in [2.05, 4.69) is 16.3 Å². The van der Waals surface area contributed by atoms with Crippen LogP contribution in [0.1, 0.15) is 24.1 Å². The Morgan fingerprint density at radius 3 is 3.00 bits per heavy atom. The Labute approximate surface area is 82.8 Å². The number of rotatable bonds is 2. The normalized spacial score (nSPS) is 13.4. The molecule has 74 valence electrons. The molecule has 1 atom stereocenters. The number of benzene rings is 1. The van der Waals surface area contributed by atoms with Gasteiger partial charge in [-0.25, -0.2) is 0 Å². The predicted molar refractivity (Wildman–Crippen MR) is 56.3 cm³/mol. The van der Waals surface area contributed by atoms with Gasteiger partial charge in [0.15, 0.2) is 0 Å². The second-order valence-electron chi connectivity index (χ2n) is 3.71. The van der Waals surface area contributed by atoms with Gasteiger partial charge in [0.2, 0.25) is 0 Å². The van der Waals surface area contributed by atoms with Crippen LogP contribution < -0.4 is 0 Å². The van der Waals surface area contributed by atoms with Crippen LogP contribution in [0.5, 0.6) is 0 Å². The van der Waals surface area contributed by atoms with Crippen LogP contribution in [0.3, 0.4) is 0 Å². The fourth-order valence-corrected chi connectivity index (χ4v) is 1.57. The summed E-state index contributed by atoms with van der Waals surface area (Å²) >= 11 is 0. The first-order valence-corrected chi connectivity index (χ1v) is 4.78. The minimum atomic E-state index is 0.183. The molecule has 1 heterocycles. The van der Waals surface area contributed by atoms with Crippen molar-refractivity contribution >= 4 is 10.9 Å². The first kappa shape index (κ1) is 9.21. The Hall–Kier alpha value is -1.35. The zero-order valence-electron chi connectivity index (χ0n) is 8.41. The molecule has 0 saturated carbocycles. The van der Waals surface area contributed by atoms with E-state index in [0.717, 1.165) is 22.2 Å². The van der Waals surface area contributed by atoms with Crippen molar-refractivity contribution in [1.82, 2.24) is 10.2 Å². The van der Waals surface area contributed by atoms with E-state index in [0.29, 0.717) is 0 Å². The number of aryl methyl sites for hydroxylation is 1. The van der Waals surface area contributed by atoms with Crippen LogP contribution in [0, 0.1) is 6.92 Å². The van der Waals surface area contributed by atoms with Crippen molar-refractivity contribution in [3.8, 4) is 0 Å². The van der Waals surface area contributed by atoms with Crippen LogP contribution in [0.4, 0.5) is 0 Å². The highest BCUT2D eigenvalue weighted by Gasteiger charge is 2.07. The van der Waals surface area contributed by atoms with Crippen molar-refractivity contribution in [2.45, 2.75) is 19.8 Å². The molecule has 3 nitrogen and oxygen atoms in total. The van der Waals surface area contributed by atoms with Gasteiger partial charge < -0.3 is 5.11 Å². The van der Waals surface area contributed by atoms with Gasteiger partial charge in [-0.1, -0.05) is 13.0 Å². The lowest BCUT2D eigenvalue weighted by molar-refractivity contribution is 0.273. The van der Waals surface area contributed by atoms with Crippen LogP contribution in [0.2, 0.25) is 0 Å². The lowest BCUT2D eigenvalue weighted by atomic mass is 10.0. The van der Waals surface area contributed by atoms with Crippen molar-refractivity contribution in [2.24, 2.45) is 0 Å². The number of hydrogen-bond acceptors (Lipinski definition) is 2. The van der Waals surface area contributed by atoms with Gasteiger partial charge >= 0.3 is 0 Å². The van der Waals surface area contributed by atoms with E-state index >= 15 is 0 Å². The van der Waals surface area contributed by atoms with Gasteiger partial charge in [-0.2, -0.15) is 5.10 Å². The number of aliphatic hydroxyl groups excluding tert-OH is 1. The standard InChI is InChI=1S/C11H14N2O/c1-7(6-14)9-3-4-11-10(5-9)8(2)12-13-11/h3-5,7,14H,6H2,1-2H3,(H,12,13). The summed E-state index contributed by atoms with van der Waals surface area (Å²) in [7, 11) is 0. The van der Waals surface area contributed by atoms with Gasteiger partial charge in [0.25, 0.3) is 0 Å². The molecule has 3 heteroatoms. The molecule has 0 radical (unpaired) electrons. The van der Waals surface area contributed by atoms with Crippen LogP contribution in [-0.2, 0) is 0 Å². The fraction of sp³-hybridized carbons (Fsp3) is 0.364. The van der Waals surface area contributed by atoms with Crippen molar-refractivity contribution in [3.05, 3.63) is 29.5 Å². The number of nitrogens with zero attached hydrogens (tertiary/aromatic N) is 1. The Morgan fingerprint density at radius 1 is 1.50 bits per heavy atom. The summed E-state index contributed by atoms with van der Waals surface area (Å²) < 4.78 is 0. The first-order chi connectivity index (χ1) is 6.72. The van der Waals surface area contributed by atoms with Crippen LogP contribution in [-0.4, -0.2) is 21.9 Å². The van der Waals surface area contributed by atoms with Gasteiger partial charge in [0, 0.05) is 23.6 Å². The molecule has 0 aliphatic carbocycles. The summed E-state index contributed by atoms with van der Waals surface area (Å²) in [6.07, 6.45) is 0. The maximum absolute atomic E-state index is 9.06. The highest BCUT2D eigenvalue weighted by Crippen LogP contribution is 2.21. The number of aromatic nitrogens is 2. The third-order valence-electron chi connectivity index (χ3n) is 2.61. The highest BCUT2D eigenvalue weighted by atomic mass is 16.3. The third-order valence-corrected chi connectivity index (χ3v) is 2.61. The van der Waals surface area contributed by atoms with Gasteiger partial charge in [0.05, 0.1) is 5.52 Å². The van der Waals surface area contributed by atoms with E-state index < -0.39 is 0 Å². The number of fused-ring (bicyclic) bond motifs is 1. The summed E-state index contributed by atoms with van der Waals surface area (Å²) in [5, 5.41) is 17.3. The van der Waals surface area contributed by atoms with E-state index in [1.165, 1.54) is 0 Å². The lowest BCUT2D eigenvalue weighted by Crippen LogP contribution is -1.98. The number of H-pyrrole nitrogens is 1. The molecule has 1 unspecified atom stereocenters. The maximum atomic E-state index is 9.06. The molecular weight excluding hydrogens is 176 g/mol. The van der Waals surface area contributed by atoms with Gasteiger partial charge in [0.1, 0.15) is 0 Å². The molecule has 1 aromatic carbocycles. The molecule has 2 N–H and O–H groups in total. The average Bonchev–Trinajstić information content (AvgIpc) is 2.59. The summed E-state index contributed by atoms with van der Waals surface area (Å²) in [4.78, 5) is 0. The van der Waals surface area contributed by atoms with Gasteiger partial charge in [-0.15, -0.1) is 0 Å². The Bertz CT molecular complexity index is 447. The molecule has 2 rings (SSSR count). The van der Waals surface area contributed by atoms with Crippen molar-refractivity contribution in [2.75, 3.05) is 6.61 Å². The maximum Gasteiger partial charge on any atom is 0.0923 e. The molecule has 0 aliphatic rings. The predicted octanol–water partition coefficient (Wildman–Crippen LogP) is 1.97. The van der Waals surface area contributed by atoms with Crippen LogP contribution in [0.25, 0.3) is 10.9 Å². The van der Waals surface area contributed by atoms with E-state index in [-0.39, 0.29) is 12.5 Å². The molecular formula is C11H14N2O. The zero-order chi connectivity index (χ0) is 10.1. The van der Waals surface area contributed by atoms with Crippen LogP contribution >= 0.6 is 0 Å². The molecule has 2 aromatic rings. The third kappa shape index (κ3) is 1.40. The van der Waals surface area contributed by atoms with E-state index in [4.69, 9.17) is 5.11 Å². The van der Waals surface area contributed by atoms with E-state index in [9.17, 15) is 0 Å². The zero-order valence-corrected chi connectivity index (χ0v) is 8.41. The summed E-state index contributed by atoms with van der Waals surface area (Å²) in [6, 6.07) is 6.10. The molecule has 0 saturated heterocycles. The monoisotopic (exact) mass is 190 g/mol. The summed E-state index contributed by atoms with van der Waals surface area (Å²) in [5.41, 5.74) is 3.22. The lowest BCUT2D eigenvalue weighted by Gasteiger charge is -2.07. The van der Waals surface area contributed by atoms with Crippen molar-refractivity contribution in [1.29, 1.82) is 0 Å². The Kier molecular flexibility index (Phi) is 2.25. The van der Waals surface area contributed by atoms with E-state index in [1.54, 1.807) is 0 Å².